The van der Waals surface area contributed by atoms with E-state index in [1.54, 1.807) is 25.1 Å². The summed E-state index contributed by atoms with van der Waals surface area (Å²) < 4.78 is 5.44. The summed E-state index contributed by atoms with van der Waals surface area (Å²) >= 11 is 0. The van der Waals surface area contributed by atoms with E-state index in [1.165, 1.54) is 18.3 Å². The summed E-state index contributed by atoms with van der Waals surface area (Å²) in [6.07, 6.45) is 1.42. The van der Waals surface area contributed by atoms with Gasteiger partial charge in [-0.25, -0.2) is 4.98 Å². The lowest BCUT2D eigenvalue weighted by Gasteiger charge is -2.07. The van der Waals surface area contributed by atoms with Crippen LogP contribution in [0, 0.1) is 28.4 Å². The fourth-order valence-corrected chi connectivity index (χ4v) is 1.54. The minimum atomic E-state index is -0.554. The fraction of sp³-hybridized carbons (Fsp3) is 0.0769. The van der Waals surface area contributed by atoms with Gasteiger partial charge >= 0.3 is 5.69 Å². The quantitative estimate of drug-likeness (QED) is 0.621. The average Bonchev–Trinajstić information content (AvgIpc) is 2.41. The Morgan fingerprint density at radius 1 is 1.42 bits per heavy atom. The van der Waals surface area contributed by atoms with Crippen LogP contribution in [0.15, 0.2) is 36.5 Å². The number of hydrogen-bond donors (Lipinski definition) is 0. The van der Waals surface area contributed by atoms with Gasteiger partial charge in [-0.05, 0) is 36.8 Å². The summed E-state index contributed by atoms with van der Waals surface area (Å²) in [5.41, 5.74) is 1.01. The largest absolute Gasteiger partial charge is 0.433 e. The summed E-state index contributed by atoms with van der Waals surface area (Å²) in [7, 11) is 0. The lowest BCUT2D eigenvalue weighted by Crippen LogP contribution is -1.96. The number of nitro groups is 1. The molecule has 1 heterocycles. The molecule has 94 valence electrons. The summed E-state index contributed by atoms with van der Waals surface area (Å²) in [6.45, 7) is 1.75. The van der Waals surface area contributed by atoms with Crippen molar-refractivity contribution in [3.63, 3.8) is 0 Å². The Labute approximate surface area is 109 Å². The van der Waals surface area contributed by atoms with E-state index in [1.807, 2.05) is 6.07 Å². The topological polar surface area (TPSA) is 89.0 Å². The standard InChI is InChI=1S/C13H9N3O3/c1-9-7-10(8-14)4-5-12(9)19-13-11(16(17)18)3-2-6-15-13/h2-7H,1H3. The van der Waals surface area contributed by atoms with Gasteiger partial charge in [-0.2, -0.15) is 5.26 Å². The van der Waals surface area contributed by atoms with Crippen LogP contribution in [0.2, 0.25) is 0 Å². The fourth-order valence-electron chi connectivity index (χ4n) is 1.54. The molecule has 0 saturated heterocycles. The predicted octanol–water partition coefficient (Wildman–Crippen LogP) is 2.96. The maximum atomic E-state index is 10.8. The number of hydrogen-bond acceptors (Lipinski definition) is 5. The highest BCUT2D eigenvalue weighted by atomic mass is 16.6. The maximum absolute atomic E-state index is 10.8. The van der Waals surface area contributed by atoms with E-state index in [9.17, 15) is 10.1 Å². The van der Waals surface area contributed by atoms with Crippen LogP contribution in [0.4, 0.5) is 5.69 Å². The Hall–Kier alpha value is -2.94. The number of ether oxygens (including phenoxy) is 1. The van der Waals surface area contributed by atoms with Gasteiger partial charge in [-0.15, -0.1) is 0 Å². The van der Waals surface area contributed by atoms with Crippen molar-refractivity contribution in [2.75, 3.05) is 0 Å². The van der Waals surface area contributed by atoms with Crippen molar-refractivity contribution in [1.82, 2.24) is 4.98 Å². The van der Waals surface area contributed by atoms with Gasteiger partial charge in [-0.3, -0.25) is 10.1 Å². The SMILES string of the molecule is Cc1cc(C#N)ccc1Oc1ncccc1[N+](=O)[O-]. The Bertz CT molecular complexity index is 677. The van der Waals surface area contributed by atoms with E-state index in [2.05, 4.69) is 4.98 Å². The van der Waals surface area contributed by atoms with Gasteiger partial charge in [0.15, 0.2) is 0 Å². The minimum Gasteiger partial charge on any atom is -0.433 e. The molecule has 0 fully saturated rings. The highest BCUT2D eigenvalue weighted by molar-refractivity contribution is 5.46. The predicted molar refractivity (Wildman–Crippen MR) is 66.9 cm³/mol. The Balaban J connectivity index is 2.37. The number of nitrogens with zero attached hydrogens (tertiary/aromatic N) is 3. The zero-order chi connectivity index (χ0) is 13.8. The number of aryl methyl sites for hydroxylation is 1. The van der Waals surface area contributed by atoms with Gasteiger partial charge in [0.25, 0.3) is 5.88 Å². The van der Waals surface area contributed by atoms with Crippen molar-refractivity contribution in [1.29, 1.82) is 5.26 Å². The molecule has 0 atom stereocenters. The zero-order valence-corrected chi connectivity index (χ0v) is 10.0. The van der Waals surface area contributed by atoms with Crippen LogP contribution in [0.25, 0.3) is 0 Å². The molecule has 1 aromatic carbocycles. The molecule has 6 nitrogen and oxygen atoms in total. The van der Waals surface area contributed by atoms with Crippen LogP contribution in [-0.2, 0) is 0 Å². The van der Waals surface area contributed by atoms with Crippen molar-refractivity contribution in [2.45, 2.75) is 6.92 Å². The second-order valence-corrected chi connectivity index (χ2v) is 3.78. The highest BCUT2D eigenvalue weighted by Gasteiger charge is 2.17. The first-order valence-corrected chi connectivity index (χ1v) is 5.40. The van der Waals surface area contributed by atoms with Gasteiger partial charge in [0.05, 0.1) is 16.6 Å². The van der Waals surface area contributed by atoms with Crippen molar-refractivity contribution >= 4 is 5.69 Å². The molecule has 0 saturated carbocycles. The molecule has 2 aromatic rings. The molecule has 2 rings (SSSR count). The van der Waals surface area contributed by atoms with Gasteiger partial charge in [0, 0.05) is 12.3 Å². The van der Waals surface area contributed by atoms with Crippen LogP contribution < -0.4 is 4.74 Å². The highest BCUT2D eigenvalue weighted by Crippen LogP contribution is 2.30. The van der Waals surface area contributed by atoms with Crippen molar-refractivity contribution < 1.29 is 9.66 Å². The molecule has 0 aliphatic carbocycles. The summed E-state index contributed by atoms with van der Waals surface area (Å²) in [5.74, 6) is 0.362. The van der Waals surface area contributed by atoms with E-state index in [0.29, 0.717) is 16.9 Å². The molecule has 0 aliphatic heterocycles. The van der Waals surface area contributed by atoms with E-state index >= 15 is 0 Å². The number of nitriles is 1. The van der Waals surface area contributed by atoms with Gasteiger partial charge in [-0.1, -0.05) is 0 Å². The van der Waals surface area contributed by atoms with E-state index in [4.69, 9.17) is 10.00 Å². The van der Waals surface area contributed by atoms with Crippen LogP contribution in [0.1, 0.15) is 11.1 Å². The Kier molecular flexibility index (Phi) is 3.39. The normalized spacial score (nSPS) is 9.68. The van der Waals surface area contributed by atoms with Crippen LogP contribution in [0.5, 0.6) is 11.6 Å². The number of benzene rings is 1. The molecule has 0 aliphatic rings. The smallest absolute Gasteiger partial charge is 0.331 e. The Morgan fingerprint density at radius 2 is 2.21 bits per heavy atom. The summed E-state index contributed by atoms with van der Waals surface area (Å²) in [6, 6.07) is 9.61. The third-order valence-corrected chi connectivity index (χ3v) is 2.46. The second-order valence-electron chi connectivity index (χ2n) is 3.78. The molecular formula is C13H9N3O3. The lowest BCUT2D eigenvalue weighted by molar-refractivity contribution is -0.386. The molecule has 0 radical (unpaired) electrons. The van der Waals surface area contributed by atoms with Gasteiger partial charge < -0.3 is 4.74 Å². The van der Waals surface area contributed by atoms with Crippen molar-refractivity contribution in [2.24, 2.45) is 0 Å². The number of pyridine rings is 1. The molecule has 0 spiro atoms. The Morgan fingerprint density at radius 3 is 2.84 bits per heavy atom. The molecule has 1 aromatic heterocycles. The first-order valence-electron chi connectivity index (χ1n) is 5.40. The third-order valence-electron chi connectivity index (χ3n) is 2.46. The second kappa shape index (κ2) is 5.14. The number of rotatable bonds is 3. The molecule has 0 N–H and O–H groups in total. The van der Waals surface area contributed by atoms with Gasteiger partial charge in [0.1, 0.15) is 5.75 Å². The lowest BCUT2D eigenvalue weighted by atomic mass is 10.1. The minimum absolute atomic E-state index is 0.0692. The van der Waals surface area contributed by atoms with Gasteiger partial charge in [0.2, 0.25) is 0 Å². The van der Waals surface area contributed by atoms with E-state index in [0.717, 1.165) is 0 Å². The number of aromatic nitrogens is 1. The van der Waals surface area contributed by atoms with Crippen LogP contribution >= 0.6 is 0 Å². The van der Waals surface area contributed by atoms with E-state index < -0.39 is 4.92 Å². The molecule has 0 amide bonds. The van der Waals surface area contributed by atoms with E-state index in [-0.39, 0.29) is 11.6 Å². The van der Waals surface area contributed by atoms with Crippen LogP contribution in [0.3, 0.4) is 0 Å². The summed E-state index contributed by atoms with van der Waals surface area (Å²) in [5, 5.41) is 19.6. The maximum Gasteiger partial charge on any atom is 0.331 e. The molecule has 6 heteroatoms. The first kappa shape index (κ1) is 12.5. The average molecular weight is 255 g/mol. The van der Waals surface area contributed by atoms with Crippen molar-refractivity contribution in [3.05, 3.63) is 57.8 Å². The monoisotopic (exact) mass is 255 g/mol. The zero-order valence-electron chi connectivity index (χ0n) is 10.0. The molecule has 19 heavy (non-hydrogen) atoms. The molecule has 0 unspecified atom stereocenters. The van der Waals surface area contributed by atoms with Crippen LogP contribution in [-0.4, -0.2) is 9.91 Å². The third kappa shape index (κ3) is 2.66. The molecule has 0 bridgehead atoms. The molecular weight excluding hydrogens is 246 g/mol. The van der Waals surface area contributed by atoms with Crippen molar-refractivity contribution in [3.8, 4) is 17.7 Å². The first-order chi connectivity index (χ1) is 9.11. The summed E-state index contributed by atoms with van der Waals surface area (Å²) in [4.78, 5) is 14.1.